The van der Waals surface area contributed by atoms with Crippen molar-refractivity contribution in [3.8, 4) is 0 Å². The molecule has 2 heterocycles. The predicted octanol–water partition coefficient (Wildman–Crippen LogP) is -0.342. The maximum atomic E-state index is 11.9. The van der Waals surface area contributed by atoms with Crippen LogP contribution in [0.4, 0.5) is 5.13 Å². The average molecular weight is 266 g/mol. The summed E-state index contributed by atoms with van der Waals surface area (Å²) in [4.78, 5) is 28.6. The summed E-state index contributed by atoms with van der Waals surface area (Å²) in [7, 11) is 0. The van der Waals surface area contributed by atoms with Gasteiger partial charge in [-0.3, -0.25) is 14.9 Å². The molecule has 7 heteroatoms. The molecule has 96 valence electrons. The van der Waals surface area contributed by atoms with Crippen molar-refractivity contribution in [3.05, 3.63) is 10.6 Å². The molecule has 1 atom stereocenters. The van der Waals surface area contributed by atoms with Gasteiger partial charge < -0.3 is 10.6 Å². The van der Waals surface area contributed by atoms with E-state index in [0.717, 1.165) is 18.5 Å². The van der Waals surface area contributed by atoms with E-state index < -0.39 is 0 Å². The van der Waals surface area contributed by atoms with Gasteiger partial charge in [-0.2, -0.15) is 0 Å². The highest BCUT2D eigenvalue weighted by atomic mass is 32.1. The van der Waals surface area contributed by atoms with Crippen LogP contribution in [0.1, 0.15) is 17.0 Å². The van der Waals surface area contributed by atoms with Gasteiger partial charge in [0.05, 0.1) is 12.2 Å². The molecule has 0 spiro atoms. The van der Waals surface area contributed by atoms with Gasteiger partial charge in [-0.25, -0.2) is 4.98 Å². The van der Waals surface area contributed by atoms with Gasteiger partial charge in [-0.1, -0.05) is 0 Å². The molecule has 18 heavy (non-hydrogen) atoms. The number of hydrogen-bond acceptors (Lipinski definition) is 5. The highest BCUT2D eigenvalue weighted by molar-refractivity contribution is 7.15. The Morgan fingerprint density at radius 3 is 3.06 bits per heavy atom. The summed E-state index contributed by atoms with van der Waals surface area (Å²) >= 11 is 1.56. The number of aryl methyl sites for hydroxylation is 2. The largest absolute Gasteiger partial charge is 0.353 e. The molecule has 6 nitrogen and oxygen atoms in total. The molecule has 1 aromatic rings. The van der Waals surface area contributed by atoms with Gasteiger partial charge in [0.15, 0.2) is 5.13 Å². The summed E-state index contributed by atoms with van der Waals surface area (Å²) in [6, 6.07) is -0.374. The second kappa shape index (κ2) is 4.66. The third kappa shape index (κ3) is 2.23. The van der Waals surface area contributed by atoms with Gasteiger partial charge in [0, 0.05) is 11.4 Å². The number of nitrogens with zero attached hydrogens (tertiary/aromatic N) is 1. The van der Waals surface area contributed by atoms with E-state index in [-0.39, 0.29) is 24.4 Å². The number of rotatable bonds is 2. The number of piperazine rings is 1. The number of carbonyl (C=O) groups excluding carboxylic acids is 2. The summed E-state index contributed by atoms with van der Waals surface area (Å²) in [6.07, 6.45) is 3.25. The van der Waals surface area contributed by atoms with Crippen molar-refractivity contribution in [2.75, 3.05) is 18.4 Å². The molecule has 2 aliphatic rings. The molecule has 1 aromatic heterocycles. The van der Waals surface area contributed by atoms with Crippen molar-refractivity contribution in [1.82, 2.24) is 15.6 Å². The van der Waals surface area contributed by atoms with Crippen LogP contribution in [-0.2, 0) is 22.4 Å². The number of thiazole rings is 1. The first-order chi connectivity index (χ1) is 8.72. The van der Waals surface area contributed by atoms with Crippen LogP contribution in [-0.4, -0.2) is 35.9 Å². The fourth-order valence-electron chi connectivity index (χ4n) is 2.19. The molecule has 1 aliphatic heterocycles. The second-order valence-electron chi connectivity index (χ2n) is 4.47. The topological polar surface area (TPSA) is 83.1 Å². The number of hydrogen-bond donors (Lipinski definition) is 3. The zero-order chi connectivity index (χ0) is 12.5. The Bertz CT molecular complexity index is 468. The van der Waals surface area contributed by atoms with Crippen LogP contribution < -0.4 is 16.0 Å². The highest BCUT2D eigenvalue weighted by Crippen LogP contribution is 2.30. The van der Waals surface area contributed by atoms with Crippen molar-refractivity contribution in [3.63, 3.8) is 0 Å². The van der Waals surface area contributed by atoms with E-state index in [1.165, 1.54) is 11.3 Å². The summed E-state index contributed by atoms with van der Waals surface area (Å²) in [5.74, 6) is -0.213. The Morgan fingerprint density at radius 1 is 1.44 bits per heavy atom. The van der Waals surface area contributed by atoms with Crippen molar-refractivity contribution < 1.29 is 9.59 Å². The van der Waals surface area contributed by atoms with Gasteiger partial charge in [-0.15, -0.1) is 11.3 Å². The first kappa shape index (κ1) is 11.6. The van der Waals surface area contributed by atoms with Crippen molar-refractivity contribution in [1.29, 1.82) is 0 Å². The Labute approximate surface area is 108 Å². The summed E-state index contributed by atoms with van der Waals surface area (Å²) in [6.45, 7) is 0.516. The predicted molar refractivity (Wildman–Crippen MR) is 67.6 cm³/mol. The summed E-state index contributed by atoms with van der Waals surface area (Å²) < 4.78 is 0. The maximum Gasteiger partial charge on any atom is 0.245 e. The van der Waals surface area contributed by atoms with Gasteiger partial charge in [0.2, 0.25) is 11.8 Å². The van der Waals surface area contributed by atoms with Crippen LogP contribution in [0.25, 0.3) is 0 Å². The Kier molecular flexibility index (Phi) is 3.00. The number of amides is 2. The van der Waals surface area contributed by atoms with Crippen LogP contribution in [0.2, 0.25) is 0 Å². The van der Waals surface area contributed by atoms with Crippen LogP contribution in [0, 0.1) is 0 Å². The van der Waals surface area contributed by atoms with Gasteiger partial charge in [0.1, 0.15) is 6.04 Å². The minimum Gasteiger partial charge on any atom is -0.353 e. The molecular weight excluding hydrogens is 252 g/mol. The Morgan fingerprint density at radius 2 is 2.33 bits per heavy atom. The third-order valence-corrected chi connectivity index (χ3v) is 4.23. The van der Waals surface area contributed by atoms with Crippen LogP contribution >= 0.6 is 11.3 Å². The van der Waals surface area contributed by atoms with E-state index in [1.54, 1.807) is 11.3 Å². The number of anilines is 1. The third-order valence-electron chi connectivity index (χ3n) is 3.15. The van der Waals surface area contributed by atoms with E-state index in [1.807, 2.05) is 0 Å². The zero-order valence-corrected chi connectivity index (χ0v) is 10.6. The molecule has 0 bridgehead atoms. The van der Waals surface area contributed by atoms with E-state index >= 15 is 0 Å². The highest BCUT2D eigenvalue weighted by Gasteiger charge is 2.25. The zero-order valence-electron chi connectivity index (χ0n) is 9.78. The lowest BCUT2D eigenvalue weighted by Gasteiger charge is -2.22. The number of fused-ring (bicyclic) bond motifs is 1. The van der Waals surface area contributed by atoms with E-state index in [2.05, 4.69) is 20.9 Å². The Balaban J connectivity index is 1.61. The van der Waals surface area contributed by atoms with Crippen molar-refractivity contribution in [2.45, 2.75) is 25.3 Å². The monoisotopic (exact) mass is 266 g/mol. The van der Waals surface area contributed by atoms with Crippen molar-refractivity contribution >= 4 is 28.3 Å². The van der Waals surface area contributed by atoms with E-state index in [9.17, 15) is 9.59 Å². The molecule has 0 aromatic carbocycles. The molecule has 1 unspecified atom stereocenters. The lowest BCUT2D eigenvalue weighted by Crippen LogP contribution is -2.56. The summed E-state index contributed by atoms with van der Waals surface area (Å²) in [5, 5.41) is 9.03. The fourth-order valence-corrected chi connectivity index (χ4v) is 3.24. The molecule has 2 amide bonds. The average Bonchev–Trinajstić information content (AvgIpc) is 2.90. The van der Waals surface area contributed by atoms with Gasteiger partial charge >= 0.3 is 0 Å². The minimum absolute atomic E-state index is 0.0766. The maximum absolute atomic E-state index is 11.9. The fraction of sp³-hybridized carbons (Fsp3) is 0.545. The summed E-state index contributed by atoms with van der Waals surface area (Å²) in [5.41, 5.74) is 1.13. The standard InChI is InChI=1S/C11H14N4O2S/c16-9-5-12-7(4-13-9)10(17)15-11-14-6-2-1-3-8(6)18-11/h7,12H,1-5H2,(H,13,16)(H,14,15,17). The van der Waals surface area contributed by atoms with Gasteiger partial charge in [0.25, 0.3) is 0 Å². The molecule has 3 rings (SSSR count). The van der Waals surface area contributed by atoms with E-state index in [0.29, 0.717) is 11.7 Å². The van der Waals surface area contributed by atoms with Crippen LogP contribution in [0.3, 0.4) is 0 Å². The number of nitrogens with one attached hydrogen (secondary N) is 3. The Hall–Kier alpha value is -1.47. The second-order valence-corrected chi connectivity index (χ2v) is 5.55. The molecule has 3 N–H and O–H groups in total. The molecule has 1 fully saturated rings. The van der Waals surface area contributed by atoms with Gasteiger partial charge in [-0.05, 0) is 19.3 Å². The SMILES string of the molecule is O=C1CNC(C(=O)Nc2nc3c(s2)CCC3)CN1. The number of aromatic nitrogens is 1. The smallest absolute Gasteiger partial charge is 0.245 e. The lowest BCUT2D eigenvalue weighted by molar-refractivity contribution is -0.124. The molecule has 1 aliphatic carbocycles. The first-order valence-electron chi connectivity index (χ1n) is 6.02. The van der Waals surface area contributed by atoms with Crippen LogP contribution in [0.5, 0.6) is 0 Å². The normalized spacial score (nSPS) is 22.4. The minimum atomic E-state index is -0.374. The number of carbonyl (C=O) groups is 2. The molecule has 0 radical (unpaired) electrons. The van der Waals surface area contributed by atoms with Crippen LogP contribution in [0.15, 0.2) is 0 Å². The quantitative estimate of drug-likeness (QED) is 0.684. The van der Waals surface area contributed by atoms with Crippen molar-refractivity contribution in [2.24, 2.45) is 0 Å². The molecular formula is C11H14N4O2S. The molecule has 1 saturated heterocycles. The first-order valence-corrected chi connectivity index (χ1v) is 6.83. The molecule has 0 saturated carbocycles. The van der Waals surface area contributed by atoms with E-state index in [4.69, 9.17) is 0 Å². The lowest BCUT2D eigenvalue weighted by atomic mass is 10.2.